The van der Waals surface area contributed by atoms with Crippen molar-refractivity contribution in [2.24, 2.45) is 7.05 Å². The standard InChI is InChI=1S/C13H16FIN4/c1-18(2)13-17-8-10(19(13)3)7-16-12-5-4-9(14)6-11(12)15/h4-6,8,16H,7H2,1-3H3. The number of anilines is 2. The van der Waals surface area contributed by atoms with Crippen molar-refractivity contribution in [3.8, 4) is 0 Å². The maximum atomic E-state index is 13.0. The summed E-state index contributed by atoms with van der Waals surface area (Å²) in [5.41, 5.74) is 2.00. The fourth-order valence-corrected chi connectivity index (χ4v) is 2.50. The lowest BCUT2D eigenvalue weighted by molar-refractivity contribution is 0.627. The van der Waals surface area contributed by atoms with Gasteiger partial charge in [-0.3, -0.25) is 0 Å². The highest BCUT2D eigenvalue weighted by atomic mass is 127. The average molecular weight is 374 g/mol. The van der Waals surface area contributed by atoms with Gasteiger partial charge in [-0.15, -0.1) is 0 Å². The molecule has 0 amide bonds. The Morgan fingerprint density at radius 1 is 1.42 bits per heavy atom. The number of nitrogens with one attached hydrogen (secondary N) is 1. The third kappa shape index (κ3) is 3.17. The van der Waals surface area contributed by atoms with Crippen molar-refractivity contribution in [2.45, 2.75) is 6.54 Å². The average Bonchev–Trinajstić information content (AvgIpc) is 2.70. The Hall–Kier alpha value is -1.31. The number of benzene rings is 1. The number of rotatable bonds is 4. The van der Waals surface area contributed by atoms with E-state index in [4.69, 9.17) is 0 Å². The van der Waals surface area contributed by atoms with E-state index in [1.165, 1.54) is 12.1 Å². The van der Waals surface area contributed by atoms with Crippen LogP contribution < -0.4 is 10.2 Å². The summed E-state index contributed by atoms with van der Waals surface area (Å²) in [5.74, 6) is 0.691. The van der Waals surface area contributed by atoms with E-state index < -0.39 is 0 Å². The zero-order valence-electron chi connectivity index (χ0n) is 11.1. The van der Waals surface area contributed by atoms with Crippen LogP contribution in [0.15, 0.2) is 24.4 Å². The first-order valence-corrected chi connectivity index (χ1v) is 6.93. The fraction of sp³-hybridized carbons (Fsp3) is 0.308. The third-order valence-electron chi connectivity index (χ3n) is 2.85. The van der Waals surface area contributed by atoms with E-state index in [1.807, 2.05) is 36.8 Å². The van der Waals surface area contributed by atoms with Crippen LogP contribution in [0.2, 0.25) is 0 Å². The summed E-state index contributed by atoms with van der Waals surface area (Å²) < 4.78 is 15.9. The van der Waals surface area contributed by atoms with Gasteiger partial charge in [0, 0.05) is 30.4 Å². The number of imidazole rings is 1. The molecule has 0 aliphatic heterocycles. The van der Waals surface area contributed by atoms with Crippen LogP contribution in [0.1, 0.15) is 5.69 Å². The Kier molecular flexibility index (Phi) is 4.28. The molecule has 0 aliphatic rings. The van der Waals surface area contributed by atoms with Gasteiger partial charge in [0.25, 0.3) is 0 Å². The molecule has 19 heavy (non-hydrogen) atoms. The Labute approximate surface area is 125 Å². The molecule has 6 heteroatoms. The lowest BCUT2D eigenvalue weighted by Crippen LogP contribution is -2.15. The monoisotopic (exact) mass is 374 g/mol. The van der Waals surface area contributed by atoms with Crippen LogP contribution in [-0.2, 0) is 13.6 Å². The van der Waals surface area contributed by atoms with Gasteiger partial charge < -0.3 is 14.8 Å². The number of hydrogen-bond donors (Lipinski definition) is 1. The molecule has 102 valence electrons. The lowest BCUT2D eigenvalue weighted by Gasteiger charge is -2.13. The maximum absolute atomic E-state index is 13.0. The molecule has 0 unspecified atom stereocenters. The number of halogens is 2. The van der Waals surface area contributed by atoms with Crippen LogP contribution in [0.5, 0.6) is 0 Å². The number of aromatic nitrogens is 2. The van der Waals surface area contributed by atoms with Crippen molar-refractivity contribution in [2.75, 3.05) is 24.3 Å². The number of hydrogen-bond acceptors (Lipinski definition) is 3. The molecule has 0 saturated heterocycles. The van der Waals surface area contributed by atoms with E-state index >= 15 is 0 Å². The minimum Gasteiger partial charge on any atom is -0.379 e. The molecule has 1 heterocycles. The summed E-state index contributed by atoms with van der Waals surface area (Å²) in [7, 11) is 5.90. The Morgan fingerprint density at radius 3 is 2.74 bits per heavy atom. The second-order valence-corrected chi connectivity index (χ2v) is 5.64. The second-order valence-electron chi connectivity index (χ2n) is 4.48. The summed E-state index contributed by atoms with van der Waals surface area (Å²) in [6.45, 7) is 0.652. The quantitative estimate of drug-likeness (QED) is 0.836. The highest BCUT2D eigenvalue weighted by Crippen LogP contribution is 2.20. The van der Waals surface area contributed by atoms with Crippen LogP contribution >= 0.6 is 22.6 Å². The molecular weight excluding hydrogens is 358 g/mol. The summed E-state index contributed by atoms with van der Waals surface area (Å²) in [5, 5.41) is 3.30. The van der Waals surface area contributed by atoms with Crippen molar-refractivity contribution in [3.63, 3.8) is 0 Å². The predicted octanol–water partition coefficient (Wildman–Crippen LogP) is 2.84. The van der Waals surface area contributed by atoms with E-state index in [-0.39, 0.29) is 5.82 Å². The third-order valence-corrected chi connectivity index (χ3v) is 3.74. The van der Waals surface area contributed by atoms with E-state index in [1.54, 1.807) is 6.07 Å². The van der Waals surface area contributed by atoms with Gasteiger partial charge in [-0.25, -0.2) is 9.37 Å². The van der Waals surface area contributed by atoms with Gasteiger partial charge in [0.1, 0.15) is 5.82 Å². The van der Waals surface area contributed by atoms with Gasteiger partial charge in [0.05, 0.1) is 18.4 Å². The van der Waals surface area contributed by atoms with E-state index in [0.717, 1.165) is 20.9 Å². The van der Waals surface area contributed by atoms with Gasteiger partial charge >= 0.3 is 0 Å². The molecule has 4 nitrogen and oxygen atoms in total. The molecule has 1 aromatic carbocycles. The highest BCUT2D eigenvalue weighted by molar-refractivity contribution is 14.1. The van der Waals surface area contributed by atoms with Crippen LogP contribution in [0.4, 0.5) is 16.0 Å². The SMILES string of the molecule is CN(C)c1ncc(CNc2ccc(F)cc2I)n1C. The minimum atomic E-state index is -0.217. The molecule has 0 bridgehead atoms. The first-order chi connectivity index (χ1) is 8.99. The predicted molar refractivity (Wildman–Crippen MR) is 84.0 cm³/mol. The first-order valence-electron chi connectivity index (χ1n) is 5.86. The zero-order chi connectivity index (χ0) is 14.0. The van der Waals surface area contributed by atoms with Gasteiger partial charge in [-0.2, -0.15) is 0 Å². The minimum absolute atomic E-state index is 0.217. The molecular formula is C13H16FIN4. The molecule has 0 spiro atoms. The van der Waals surface area contributed by atoms with Gasteiger partial charge in [-0.05, 0) is 40.8 Å². The van der Waals surface area contributed by atoms with Crippen molar-refractivity contribution < 1.29 is 4.39 Å². The Balaban J connectivity index is 2.10. The van der Waals surface area contributed by atoms with Crippen molar-refractivity contribution in [3.05, 3.63) is 39.5 Å². The highest BCUT2D eigenvalue weighted by Gasteiger charge is 2.08. The molecule has 2 rings (SSSR count). The first kappa shape index (κ1) is 14.1. The van der Waals surface area contributed by atoms with Crippen molar-refractivity contribution in [1.29, 1.82) is 0 Å². The maximum Gasteiger partial charge on any atom is 0.204 e. The van der Waals surface area contributed by atoms with E-state index in [2.05, 4.69) is 32.9 Å². The van der Waals surface area contributed by atoms with E-state index in [0.29, 0.717) is 6.54 Å². The van der Waals surface area contributed by atoms with Crippen LogP contribution in [0.3, 0.4) is 0 Å². The van der Waals surface area contributed by atoms with Gasteiger partial charge in [0.15, 0.2) is 0 Å². The van der Waals surface area contributed by atoms with Crippen molar-refractivity contribution in [1.82, 2.24) is 9.55 Å². The fourth-order valence-electron chi connectivity index (χ4n) is 1.83. The summed E-state index contributed by atoms with van der Waals surface area (Å²) >= 11 is 2.12. The molecule has 0 saturated carbocycles. The molecule has 0 fully saturated rings. The van der Waals surface area contributed by atoms with Gasteiger partial charge in [0.2, 0.25) is 5.95 Å². The smallest absolute Gasteiger partial charge is 0.204 e. The lowest BCUT2D eigenvalue weighted by atomic mass is 10.3. The topological polar surface area (TPSA) is 33.1 Å². The summed E-state index contributed by atoms with van der Waals surface area (Å²) in [4.78, 5) is 6.31. The molecule has 1 N–H and O–H groups in total. The van der Waals surface area contributed by atoms with E-state index in [9.17, 15) is 4.39 Å². The van der Waals surface area contributed by atoms with Gasteiger partial charge in [-0.1, -0.05) is 0 Å². The largest absolute Gasteiger partial charge is 0.379 e. The molecule has 2 aromatic rings. The van der Waals surface area contributed by atoms with Crippen LogP contribution in [0.25, 0.3) is 0 Å². The summed E-state index contributed by atoms with van der Waals surface area (Å²) in [6, 6.07) is 4.72. The number of nitrogens with zero attached hydrogens (tertiary/aromatic N) is 3. The molecule has 0 radical (unpaired) electrons. The summed E-state index contributed by atoms with van der Waals surface area (Å²) in [6.07, 6.45) is 1.85. The second kappa shape index (κ2) is 5.77. The normalized spacial score (nSPS) is 10.6. The zero-order valence-corrected chi connectivity index (χ0v) is 13.3. The van der Waals surface area contributed by atoms with Crippen LogP contribution in [-0.4, -0.2) is 23.6 Å². The Bertz CT molecular complexity index is 580. The molecule has 0 aliphatic carbocycles. The molecule has 1 aromatic heterocycles. The Morgan fingerprint density at radius 2 is 2.16 bits per heavy atom. The van der Waals surface area contributed by atoms with Crippen molar-refractivity contribution >= 4 is 34.2 Å². The molecule has 0 atom stereocenters. The van der Waals surface area contributed by atoms with Crippen LogP contribution in [0, 0.1) is 9.39 Å².